The number of aliphatic hydroxyl groups is 1. The number of hydrogen-bond donors (Lipinski definition) is 1. The summed E-state index contributed by atoms with van der Waals surface area (Å²) in [5, 5.41) is 12.8. The van der Waals surface area contributed by atoms with Crippen LogP contribution in [0.5, 0.6) is 0 Å². The van der Waals surface area contributed by atoms with Crippen LogP contribution in [0, 0.1) is 0 Å². The van der Waals surface area contributed by atoms with Gasteiger partial charge in [-0.05, 0) is 37.1 Å². The Morgan fingerprint density at radius 1 is 0.571 bits per heavy atom. The fourth-order valence-electron chi connectivity index (χ4n) is 4.24. The molecule has 0 atom stereocenters. The standard InChI is InChI=1S/C26H40OP/c1-2-3-4-5-6-7-8-9-10-17-23-28(24-22-27,25-18-13-11-14-19-25)26-20-15-12-16-21-26/h11-16,18-21,27H,2-10,17,22-24H2,1H3/q+1. The van der Waals surface area contributed by atoms with Crippen LogP contribution in [-0.4, -0.2) is 24.0 Å². The molecule has 2 heteroatoms. The van der Waals surface area contributed by atoms with E-state index in [4.69, 9.17) is 0 Å². The van der Waals surface area contributed by atoms with Gasteiger partial charge in [-0.2, -0.15) is 0 Å². The minimum Gasteiger partial charge on any atom is -0.393 e. The lowest BCUT2D eigenvalue weighted by Gasteiger charge is -2.27. The fourth-order valence-corrected chi connectivity index (χ4v) is 8.39. The summed E-state index contributed by atoms with van der Waals surface area (Å²) in [6.07, 6.45) is 15.8. The van der Waals surface area contributed by atoms with Gasteiger partial charge in [0.05, 0.1) is 36.8 Å². The molecule has 0 aliphatic carbocycles. The molecule has 2 aromatic carbocycles. The van der Waals surface area contributed by atoms with Gasteiger partial charge in [-0.3, -0.25) is 0 Å². The molecule has 0 aromatic heterocycles. The maximum absolute atomic E-state index is 9.91. The van der Waals surface area contributed by atoms with Crippen LogP contribution in [0.15, 0.2) is 60.7 Å². The van der Waals surface area contributed by atoms with Gasteiger partial charge >= 0.3 is 0 Å². The molecule has 0 radical (unpaired) electrons. The first kappa shape index (κ1) is 23.1. The van der Waals surface area contributed by atoms with Crippen LogP contribution in [0.1, 0.15) is 71.1 Å². The fraction of sp³-hybridized carbons (Fsp3) is 0.538. The molecule has 0 saturated heterocycles. The van der Waals surface area contributed by atoms with Crippen LogP contribution >= 0.6 is 7.26 Å². The largest absolute Gasteiger partial charge is 0.393 e. The Hall–Kier alpha value is -1.17. The highest BCUT2D eigenvalue weighted by molar-refractivity contribution is 7.89. The lowest BCUT2D eigenvalue weighted by Crippen LogP contribution is -2.28. The Morgan fingerprint density at radius 3 is 1.43 bits per heavy atom. The third-order valence-corrected chi connectivity index (χ3v) is 10.5. The third-order valence-electron chi connectivity index (χ3n) is 5.88. The van der Waals surface area contributed by atoms with E-state index >= 15 is 0 Å². The second-order valence-electron chi connectivity index (χ2n) is 7.99. The molecule has 0 heterocycles. The summed E-state index contributed by atoms with van der Waals surface area (Å²) in [5.41, 5.74) is 0. The maximum atomic E-state index is 9.91. The van der Waals surface area contributed by atoms with Gasteiger partial charge in [0.2, 0.25) is 0 Å². The summed E-state index contributed by atoms with van der Waals surface area (Å²) >= 11 is 0. The first-order chi connectivity index (χ1) is 13.8. The molecule has 0 aliphatic rings. The average Bonchev–Trinajstić information content (AvgIpc) is 2.75. The molecule has 2 rings (SSSR count). The van der Waals surface area contributed by atoms with Crippen molar-refractivity contribution in [1.29, 1.82) is 0 Å². The molecule has 0 aliphatic heterocycles. The van der Waals surface area contributed by atoms with Crippen molar-refractivity contribution in [2.75, 3.05) is 18.9 Å². The van der Waals surface area contributed by atoms with Gasteiger partial charge < -0.3 is 5.11 Å². The molecule has 0 amide bonds. The van der Waals surface area contributed by atoms with E-state index in [1.807, 2.05) is 0 Å². The number of rotatable bonds is 15. The van der Waals surface area contributed by atoms with E-state index in [9.17, 15) is 5.11 Å². The molecule has 0 saturated carbocycles. The van der Waals surface area contributed by atoms with E-state index in [0.717, 1.165) is 6.16 Å². The lowest BCUT2D eigenvalue weighted by atomic mass is 10.1. The smallest absolute Gasteiger partial charge is 0.0992 e. The van der Waals surface area contributed by atoms with Crippen LogP contribution in [-0.2, 0) is 0 Å². The zero-order valence-electron chi connectivity index (χ0n) is 17.9. The molecule has 1 nitrogen and oxygen atoms in total. The molecular weight excluding hydrogens is 359 g/mol. The van der Waals surface area contributed by atoms with Gasteiger partial charge in [0.15, 0.2) is 0 Å². The van der Waals surface area contributed by atoms with Crippen molar-refractivity contribution in [3.05, 3.63) is 60.7 Å². The molecule has 1 N–H and O–H groups in total. The Morgan fingerprint density at radius 2 is 1.00 bits per heavy atom. The van der Waals surface area contributed by atoms with Gasteiger partial charge in [0, 0.05) is 0 Å². The van der Waals surface area contributed by atoms with Crippen molar-refractivity contribution in [3.63, 3.8) is 0 Å². The third kappa shape index (κ3) is 7.34. The SMILES string of the molecule is CCCCCCCCCCCC[P+](CCO)(c1ccccc1)c1ccccc1. The summed E-state index contributed by atoms with van der Waals surface area (Å²) in [6.45, 7) is 2.56. The second kappa shape index (κ2) is 13.9. The molecule has 2 aromatic rings. The number of hydrogen-bond acceptors (Lipinski definition) is 1. The molecular formula is C26H40OP+. The van der Waals surface area contributed by atoms with Gasteiger partial charge in [0.25, 0.3) is 0 Å². The molecule has 0 bridgehead atoms. The van der Waals surface area contributed by atoms with E-state index in [1.54, 1.807) is 0 Å². The van der Waals surface area contributed by atoms with Gasteiger partial charge in [0.1, 0.15) is 0 Å². The highest BCUT2D eigenvalue weighted by Gasteiger charge is 2.41. The van der Waals surface area contributed by atoms with Crippen LogP contribution in [0.2, 0.25) is 0 Å². The molecule has 0 spiro atoms. The summed E-state index contributed by atoms with van der Waals surface area (Å²) in [5.74, 6) is 0. The Labute approximate surface area is 173 Å². The summed E-state index contributed by atoms with van der Waals surface area (Å²) in [4.78, 5) is 0. The van der Waals surface area contributed by atoms with Crippen molar-refractivity contribution in [3.8, 4) is 0 Å². The Bertz CT molecular complexity index is 571. The summed E-state index contributed by atoms with van der Waals surface area (Å²) in [6, 6.07) is 22.0. The molecule has 0 fully saturated rings. The summed E-state index contributed by atoms with van der Waals surface area (Å²) < 4.78 is 0. The first-order valence-corrected chi connectivity index (χ1v) is 13.6. The van der Waals surface area contributed by atoms with E-state index in [0.29, 0.717) is 0 Å². The molecule has 28 heavy (non-hydrogen) atoms. The van der Waals surface area contributed by atoms with Gasteiger partial charge in [-0.15, -0.1) is 0 Å². The number of unbranched alkanes of at least 4 members (excludes halogenated alkanes) is 9. The van der Waals surface area contributed by atoms with Crippen molar-refractivity contribution in [1.82, 2.24) is 0 Å². The summed E-state index contributed by atoms with van der Waals surface area (Å²) in [7, 11) is -1.52. The monoisotopic (exact) mass is 399 g/mol. The van der Waals surface area contributed by atoms with Crippen molar-refractivity contribution in [2.45, 2.75) is 71.1 Å². The molecule has 154 valence electrons. The average molecular weight is 400 g/mol. The first-order valence-electron chi connectivity index (χ1n) is 11.4. The highest BCUT2D eigenvalue weighted by Crippen LogP contribution is 2.56. The predicted molar refractivity (Wildman–Crippen MR) is 128 cm³/mol. The number of benzene rings is 2. The van der Waals surface area contributed by atoms with Crippen molar-refractivity contribution in [2.24, 2.45) is 0 Å². The van der Waals surface area contributed by atoms with Crippen molar-refractivity contribution < 1.29 is 5.11 Å². The van der Waals surface area contributed by atoms with E-state index < -0.39 is 7.26 Å². The van der Waals surface area contributed by atoms with Crippen LogP contribution in [0.3, 0.4) is 0 Å². The normalized spacial score (nSPS) is 11.6. The minimum atomic E-state index is -1.52. The van der Waals surface area contributed by atoms with Crippen LogP contribution in [0.4, 0.5) is 0 Å². The quantitative estimate of drug-likeness (QED) is 0.265. The maximum Gasteiger partial charge on any atom is 0.0992 e. The van der Waals surface area contributed by atoms with Crippen molar-refractivity contribution >= 4 is 17.9 Å². The van der Waals surface area contributed by atoms with E-state index in [-0.39, 0.29) is 6.61 Å². The van der Waals surface area contributed by atoms with E-state index in [1.165, 1.54) is 81.0 Å². The zero-order valence-corrected chi connectivity index (χ0v) is 18.8. The van der Waals surface area contributed by atoms with Crippen LogP contribution in [0.25, 0.3) is 0 Å². The predicted octanol–water partition coefficient (Wildman–Crippen LogP) is 6.57. The van der Waals surface area contributed by atoms with E-state index in [2.05, 4.69) is 67.6 Å². The zero-order chi connectivity index (χ0) is 19.9. The minimum absolute atomic E-state index is 0.273. The van der Waals surface area contributed by atoms with Crippen LogP contribution < -0.4 is 10.6 Å². The molecule has 0 unspecified atom stereocenters. The van der Waals surface area contributed by atoms with Gasteiger partial charge in [-0.25, -0.2) is 0 Å². The highest BCUT2D eigenvalue weighted by atomic mass is 31.2. The second-order valence-corrected chi connectivity index (χ2v) is 11.9. The van der Waals surface area contributed by atoms with Gasteiger partial charge in [-0.1, -0.05) is 94.7 Å². The number of aliphatic hydroxyl groups excluding tert-OH is 1. The Balaban J connectivity index is 1.90. The topological polar surface area (TPSA) is 20.2 Å². The Kier molecular flexibility index (Phi) is 11.5. The lowest BCUT2D eigenvalue weighted by molar-refractivity contribution is 0.321.